The van der Waals surface area contributed by atoms with Gasteiger partial charge in [-0.05, 0) is 5.56 Å². The van der Waals surface area contributed by atoms with Gasteiger partial charge in [0, 0.05) is 37.9 Å². The maximum Gasteiger partial charge on any atom is 0.135 e. The smallest absolute Gasteiger partial charge is 0.135 e. The second kappa shape index (κ2) is 4.38. The molecule has 0 aromatic heterocycles. The lowest BCUT2D eigenvalue weighted by Gasteiger charge is -2.25. The zero-order valence-corrected chi connectivity index (χ0v) is 7.86. The van der Waals surface area contributed by atoms with Gasteiger partial charge in [-0.3, -0.25) is 9.69 Å². The van der Waals surface area contributed by atoms with Gasteiger partial charge >= 0.3 is 0 Å². The fraction of sp³-hybridized carbons (Fsp3) is 0.417. The fourth-order valence-electron chi connectivity index (χ4n) is 1.44. The van der Waals surface area contributed by atoms with E-state index in [4.69, 9.17) is 5.48 Å². The second-order valence-electron chi connectivity index (χ2n) is 3.31. The molecule has 1 aromatic carbocycles. The minimum Gasteiger partial charge on any atom is -0.300 e. The predicted molar refractivity (Wildman–Crippen MR) is 56.0 cm³/mol. The summed E-state index contributed by atoms with van der Waals surface area (Å²) in [6, 6.07) is 9.46. The van der Waals surface area contributed by atoms with Gasteiger partial charge < -0.3 is 0 Å². The van der Waals surface area contributed by atoms with Crippen molar-refractivity contribution in [1.82, 2.24) is 4.90 Å². The van der Waals surface area contributed by atoms with Gasteiger partial charge in [-0.2, -0.15) is 0 Å². The highest BCUT2D eigenvalue weighted by molar-refractivity contribution is 5.79. The molecular formula is C12H15NO. The number of hydrogen-bond donors (Lipinski definition) is 0. The van der Waals surface area contributed by atoms with Crippen molar-refractivity contribution in [2.75, 3.05) is 13.1 Å². The van der Waals surface area contributed by atoms with E-state index in [-0.39, 0.29) is 13.1 Å². The number of nitrogens with zero attached hydrogens (tertiary/aromatic N) is 1. The second-order valence-corrected chi connectivity index (χ2v) is 3.31. The first-order valence-electron chi connectivity index (χ1n) is 6.62. The quantitative estimate of drug-likeness (QED) is 0.714. The SMILES string of the molecule is [2H]C1([2H])CN(Cc2ccccc2)CC([2H])([2H])C1=O. The number of carbonyl (C=O) groups is 1. The molecule has 0 unspecified atom stereocenters. The van der Waals surface area contributed by atoms with Crippen LogP contribution in [0, 0.1) is 0 Å². The van der Waals surface area contributed by atoms with Crippen LogP contribution >= 0.6 is 0 Å². The summed E-state index contributed by atoms with van der Waals surface area (Å²) >= 11 is 0. The van der Waals surface area contributed by atoms with Gasteiger partial charge in [0.05, 0.1) is 0 Å². The fourth-order valence-corrected chi connectivity index (χ4v) is 1.44. The van der Waals surface area contributed by atoms with Crippen molar-refractivity contribution in [3.8, 4) is 0 Å². The highest BCUT2D eigenvalue weighted by Gasteiger charge is 2.15. The number of ketones is 1. The number of Topliss-reactive ketones (excluding diaryl/α,β-unsaturated/α-hetero) is 1. The molecule has 0 radical (unpaired) electrons. The molecule has 1 aliphatic rings. The van der Waals surface area contributed by atoms with E-state index in [1.807, 2.05) is 30.3 Å². The first-order chi connectivity index (χ1) is 8.31. The molecule has 0 N–H and O–H groups in total. The number of piperidine rings is 1. The van der Waals surface area contributed by atoms with E-state index in [0.717, 1.165) is 5.56 Å². The molecule has 0 aliphatic carbocycles. The van der Waals surface area contributed by atoms with Gasteiger partial charge in [0.1, 0.15) is 5.78 Å². The molecule has 74 valence electrons. The van der Waals surface area contributed by atoms with Crippen LogP contribution in [0.4, 0.5) is 0 Å². The lowest BCUT2D eigenvalue weighted by Crippen LogP contribution is -2.33. The molecule has 2 nitrogen and oxygen atoms in total. The Hall–Kier alpha value is -1.15. The lowest BCUT2D eigenvalue weighted by atomic mass is 10.1. The monoisotopic (exact) mass is 193 g/mol. The summed E-state index contributed by atoms with van der Waals surface area (Å²) in [5.74, 6) is -0.945. The van der Waals surface area contributed by atoms with Crippen molar-refractivity contribution in [2.45, 2.75) is 19.3 Å². The highest BCUT2D eigenvalue weighted by Crippen LogP contribution is 2.10. The first-order valence-corrected chi connectivity index (χ1v) is 4.62. The summed E-state index contributed by atoms with van der Waals surface area (Å²) in [6.07, 6.45) is -4.23. The molecule has 0 spiro atoms. The van der Waals surface area contributed by atoms with Crippen molar-refractivity contribution in [3.63, 3.8) is 0 Å². The Morgan fingerprint density at radius 1 is 1.21 bits per heavy atom. The summed E-state index contributed by atoms with van der Waals surface area (Å²) in [6.45, 7) is 0.341. The number of hydrogen-bond acceptors (Lipinski definition) is 2. The lowest BCUT2D eigenvalue weighted by molar-refractivity contribution is -0.121. The molecule has 1 heterocycles. The molecular weight excluding hydrogens is 174 g/mol. The summed E-state index contributed by atoms with van der Waals surface area (Å²) in [5, 5.41) is 0. The topological polar surface area (TPSA) is 20.3 Å². The Balaban J connectivity index is 2.14. The summed E-state index contributed by atoms with van der Waals surface area (Å²) in [7, 11) is 0. The predicted octanol–water partition coefficient (Wildman–Crippen LogP) is 1.85. The molecule has 0 atom stereocenters. The molecule has 1 aliphatic heterocycles. The van der Waals surface area contributed by atoms with Gasteiger partial charge in [-0.25, -0.2) is 0 Å². The summed E-state index contributed by atoms with van der Waals surface area (Å²) < 4.78 is 30.5. The zero-order valence-electron chi connectivity index (χ0n) is 11.9. The number of benzene rings is 1. The number of carbonyl (C=O) groups excluding carboxylic acids is 1. The van der Waals surface area contributed by atoms with E-state index >= 15 is 0 Å². The molecule has 0 saturated carbocycles. The van der Waals surface area contributed by atoms with E-state index < -0.39 is 18.5 Å². The van der Waals surface area contributed by atoms with Gasteiger partial charge in [-0.15, -0.1) is 0 Å². The average molecular weight is 193 g/mol. The van der Waals surface area contributed by atoms with E-state index in [1.165, 1.54) is 0 Å². The minimum atomic E-state index is -2.11. The van der Waals surface area contributed by atoms with E-state index in [9.17, 15) is 4.79 Å². The van der Waals surface area contributed by atoms with Crippen molar-refractivity contribution >= 4 is 5.78 Å². The summed E-state index contributed by atoms with van der Waals surface area (Å²) in [5.41, 5.74) is 0.985. The van der Waals surface area contributed by atoms with Gasteiger partial charge in [-0.1, -0.05) is 30.3 Å². The molecule has 14 heavy (non-hydrogen) atoms. The van der Waals surface area contributed by atoms with Crippen molar-refractivity contribution in [1.29, 1.82) is 0 Å². The van der Waals surface area contributed by atoms with Crippen LogP contribution in [0.2, 0.25) is 0 Å². The third kappa shape index (κ3) is 2.42. The normalized spacial score (nSPS) is 29.9. The first kappa shape index (κ1) is 5.66. The van der Waals surface area contributed by atoms with Crippen LogP contribution in [0.25, 0.3) is 0 Å². The van der Waals surface area contributed by atoms with Crippen molar-refractivity contribution in [2.24, 2.45) is 0 Å². The van der Waals surface area contributed by atoms with Crippen molar-refractivity contribution in [3.05, 3.63) is 35.9 Å². The third-order valence-electron chi connectivity index (χ3n) is 2.18. The maximum atomic E-state index is 11.6. The highest BCUT2D eigenvalue weighted by atomic mass is 16.1. The van der Waals surface area contributed by atoms with Crippen LogP contribution in [0.3, 0.4) is 0 Å². The third-order valence-corrected chi connectivity index (χ3v) is 2.18. The standard InChI is InChI=1S/C12H15NO/c14-12-6-8-13(9-7-12)10-11-4-2-1-3-5-11/h1-5H,6-10H2/i6D2,7D2. The van der Waals surface area contributed by atoms with Crippen LogP contribution in [-0.2, 0) is 11.3 Å². The maximum absolute atomic E-state index is 11.6. The zero-order chi connectivity index (χ0) is 13.4. The van der Waals surface area contributed by atoms with Gasteiger partial charge in [0.25, 0.3) is 0 Å². The largest absolute Gasteiger partial charge is 0.300 e. The number of likely N-dealkylation sites (tertiary alicyclic amines) is 1. The molecule has 1 fully saturated rings. The van der Waals surface area contributed by atoms with E-state index in [0.29, 0.717) is 6.54 Å². The Bertz CT molecular complexity index is 427. The minimum absolute atomic E-state index is 0.0553. The van der Waals surface area contributed by atoms with Crippen molar-refractivity contribution < 1.29 is 10.3 Å². The van der Waals surface area contributed by atoms with Crippen LogP contribution < -0.4 is 0 Å². The van der Waals surface area contributed by atoms with Crippen LogP contribution in [0.15, 0.2) is 30.3 Å². The average Bonchev–Trinajstić information content (AvgIpc) is 2.26. The summed E-state index contributed by atoms with van der Waals surface area (Å²) in [4.78, 5) is 13.2. The van der Waals surface area contributed by atoms with E-state index in [2.05, 4.69) is 0 Å². The Kier molecular flexibility index (Phi) is 1.77. The Morgan fingerprint density at radius 2 is 1.86 bits per heavy atom. The number of rotatable bonds is 2. The molecule has 2 heteroatoms. The van der Waals surface area contributed by atoms with Crippen LogP contribution in [0.5, 0.6) is 0 Å². The molecule has 1 saturated heterocycles. The molecule has 0 amide bonds. The molecule has 1 aromatic rings. The Labute approximate surface area is 90.2 Å². The van der Waals surface area contributed by atoms with Crippen LogP contribution in [0.1, 0.15) is 23.8 Å². The molecule has 2 rings (SSSR count). The van der Waals surface area contributed by atoms with Crippen LogP contribution in [-0.4, -0.2) is 23.8 Å². The Morgan fingerprint density at radius 3 is 2.50 bits per heavy atom. The van der Waals surface area contributed by atoms with Gasteiger partial charge in [0.15, 0.2) is 0 Å². The molecule has 0 bridgehead atoms. The van der Waals surface area contributed by atoms with E-state index in [1.54, 1.807) is 4.90 Å². The van der Waals surface area contributed by atoms with Gasteiger partial charge in [0.2, 0.25) is 0 Å².